The molecule has 0 aliphatic heterocycles. The van der Waals surface area contributed by atoms with Crippen molar-refractivity contribution in [2.75, 3.05) is 6.61 Å². The van der Waals surface area contributed by atoms with E-state index in [0.29, 0.717) is 24.0 Å². The van der Waals surface area contributed by atoms with E-state index < -0.39 is 6.09 Å². The first-order valence-electron chi connectivity index (χ1n) is 7.66. The van der Waals surface area contributed by atoms with Gasteiger partial charge in [-0.1, -0.05) is 25.4 Å². The zero-order chi connectivity index (χ0) is 16.8. The molecule has 0 saturated carbocycles. The van der Waals surface area contributed by atoms with Gasteiger partial charge in [-0.25, -0.2) is 4.79 Å². The number of aromatic hydroxyl groups is 1. The molecule has 2 aromatic rings. The van der Waals surface area contributed by atoms with Gasteiger partial charge in [0.1, 0.15) is 5.75 Å². The lowest BCUT2D eigenvalue weighted by molar-refractivity contribution is 0.128. The van der Waals surface area contributed by atoms with E-state index in [0.717, 1.165) is 17.5 Å². The molecule has 2 rings (SSSR count). The molecule has 0 aliphatic carbocycles. The first kappa shape index (κ1) is 16.9. The number of ether oxygens (including phenoxy) is 1. The van der Waals surface area contributed by atoms with Crippen LogP contribution in [0.4, 0.5) is 4.79 Å². The van der Waals surface area contributed by atoms with Crippen LogP contribution in [-0.4, -0.2) is 23.0 Å². The molecule has 0 spiro atoms. The molecule has 124 valence electrons. The van der Waals surface area contributed by atoms with Crippen molar-refractivity contribution in [1.29, 1.82) is 0 Å². The Morgan fingerprint density at radius 2 is 2.09 bits per heavy atom. The number of phenols is 1. The Labute approximate surface area is 135 Å². The van der Waals surface area contributed by atoms with Gasteiger partial charge in [0.15, 0.2) is 5.76 Å². The van der Waals surface area contributed by atoms with E-state index in [4.69, 9.17) is 9.26 Å². The van der Waals surface area contributed by atoms with Gasteiger partial charge >= 0.3 is 6.09 Å². The van der Waals surface area contributed by atoms with E-state index in [1.807, 2.05) is 13.8 Å². The Morgan fingerprint density at radius 1 is 1.39 bits per heavy atom. The van der Waals surface area contributed by atoms with Crippen LogP contribution in [0.2, 0.25) is 0 Å². The summed E-state index contributed by atoms with van der Waals surface area (Å²) in [6.45, 7) is 6.56. The van der Waals surface area contributed by atoms with Gasteiger partial charge in [0.05, 0.1) is 18.8 Å². The molecule has 6 heteroatoms. The Morgan fingerprint density at radius 3 is 2.74 bits per heavy atom. The summed E-state index contributed by atoms with van der Waals surface area (Å²) in [6, 6.07) is 6.62. The predicted molar refractivity (Wildman–Crippen MR) is 86.0 cm³/mol. The van der Waals surface area contributed by atoms with Crippen molar-refractivity contribution in [2.24, 2.45) is 5.92 Å². The average Bonchev–Trinajstić information content (AvgIpc) is 2.92. The molecule has 1 atom stereocenters. The number of alkyl carbamates (subject to hydrolysis) is 1. The lowest BCUT2D eigenvalue weighted by Crippen LogP contribution is -2.25. The number of carbonyl (C=O) groups is 1. The second kappa shape index (κ2) is 7.67. The summed E-state index contributed by atoms with van der Waals surface area (Å²) >= 11 is 0. The molecule has 0 fully saturated rings. The van der Waals surface area contributed by atoms with Crippen molar-refractivity contribution < 1.29 is 19.2 Å². The molecule has 23 heavy (non-hydrogen) atoms. The van der Waals surface area contributed by atoms with E-state index >= 15 is 0 Å². The zero-order valence-electron chi connectivity index (χ0n) is 13.6. The first-order valence-corrected chi connectivity index (χ1v) is 7.66. The molecular weight excluding hydrogens is 296 g/mol. The molecule has 1 aromatic heterocycles. The number of carbonyl (C=O) groups excluding carboxylic acids is 1. The third-order valence-corrected chi connectivity index (χ3v) is 3.72. The molecule has 1 heterocycles. The molecule has 0 radical (unpaired) electrons. The maximum atomic E-state index is 11.7. The Kier molecular flexibility index (Phi) is 5.62. The number of phenolic OH excluding ortho intramolecular Hbond substituents is 1. The van der Waals surface area contributed by atoms with Gasteiger partial charge in [0.2, 0.25) is 0 Å². The Hall–Kier alpha value is -2.50. The molecule has 1 unspecified atom stereocenters. The minimum absolute atomic E-state index is 0.179. The zero-order valence-corrected chi connectivity index (χ0v) is 13.6. The fraction of sp³-hybridized carbons (Fsp3) is 0.412. The normalized spacial score (nSPS) is 12.0. The first-order chi connectivity index (χ1) is 11.0. The third-order valence-electron chi connectivity index (χ3n) is 3.72. The maximum Gasteiger partial charge on any atom is 0.407 e. The Balaban J connectivity index is 2.02. The van der Waals surface area contributed by atoms with Crippen LogP contribution in [0.15, 0.2) is 28.8 Å². The van der Waals surface area contributed by atoms with Crippen LogP contribution in [0.1, 0.15) is 31.5 Å². The SMILES string of the molecule is CCC(C)COC(=O)NCc1c(C)noc1-c1ccc(O)cc1. The number of amides is 1. The van der Waals surface area contributed by atoms with Crippen LogP contribution in [0.5, 0.6) is 5.75 Å². The molecule has 2 N–H and O–H groups in total. The van der Waals surface area contributed by atoms with E-state index in [9.17, 15) is 9.90 Å². The van der Waals surface area contributed by atoms with Gasteiger partial charge in [0.25, 0.3) is 0 Å². The van der Waals surface area contributed by atoms with Crippen LogP contribution >= 0.6 is 0 Å². The second-order valence-electron chi connectivity index (χ2n) is 5.59. The molecule has 1 aromatic carbocycles. The van der Waals surface area contributed by atoms with Crippen molar-refractivity contribution >= 4 is 6.09 Å². The third kappa shape index (κ3) is 4.48. The van der Waals surface area contributed by atoms with E-state index in [2.05, 4.69) is 17.4 Å². The van der Waals surface area contributed by atoms with Crippen LogP contribution in [0, 0.1) is 12.8 Å². The highest BCUT2D eigenvalue weighted by atomic mass is 16.5. The van der Waals surface area contributed by atoms with Gasteiger partial charge in [-0.2, -0.15) is 0 Å². The quantitative estimate of drug-likeness (QED) is 0.849. The summed E-state index contributed by atoms with van der Waals surface area (Å²) < 4.78 is 10.5. The monoisotopic (exact) mass is 318 g/mol. The lowest BCUT2D eigenvalue weighted by atomic mass is 10.1. The van der Waals surface area contributed by atoms with Crippen LogP contribution in [0.25, 0.3) is 11.3 Å². The highest BCUT2D eigenvalue weighted by Crippen LogP contribution is 2.27. The van der Waals surface area contributed by atoms with Gasteiger partial charge in [0, 0.05) is 11.1 Å². The molecule has 0 saturated heterocycles. The van der Waals surface area contributed by atoms with Crippen molar-refractivity contribution in [3.63, 3.8) is 0 Å². The summed E-state index contributed by atoms with van der Waals surface area (Å²) in [4.78, 5) is 11.7. The number of hydrogen-bond acceptors (Lipinski definition) is 5. The van der Waals surface area contributed by atoms with Crippen molar-refractivity contribution in [3.05, 3.63) is 35.5 Å². The van der Waals surface area contributed by atoms with E-state index in [1.54, 1.807) is 24.3 Å². The van der Waals surface area contributed by atoms with E-state index in [1.165, 1.54) is 0 Å². The minimum Gasteiger partial charge on any atom is -0.508 e. The molecule has 0 bridgehead atoms. The number of nitrogens with one attached hydrogen (secondary N) is 1. The summed E-state index contributed by atoms with van der Waals surface area (Å²) in [7, 11) is 0. The summed E-state index contributed by atoms with van der Waals surface area (Å²) in [6.07, 6.45) is 0.505. The van der Waals surface area contributed by atoms with E-state index in [-0.39, 0.29) is 12.3 Å². The summed E-state index contributed by atoms with van der Waals surface area (Å²) in [5.41, 5.74) is 2.28. The average molecular weight is 318 g/mol. The topological polar surface area (TPSA) is 84.6 Å². The fourth-order valence-corrected chi connectivity index (χ4v) is 1.98. The summed E-state index contributed by atoms with van der Waals surface area (Å²) in [5, 5.41) is 16.0. The van der Waals surface area contributed by atoms with Gasteiger partial charge in [-0.05, 0) is 37.1 Å². The van der Waals surface area contributed by atoms with Crippen molar-refractivity contribution in [3.8, 4) is 17.1 Å². The van der Waals surface area contributed by atoms with Crippen LogP contribution in [0.3, 0.4) is 0 Å². The van der Waals surface area contributed by atoms with Gasteiger partial charge in [-0.3, -0.25) is 0 Å². The van der Waals surface area contributed by atoms with Crippen LogP contribution in [-0.2, 0) is 11.3 Å². The smallest absolute Gasteiger partial charge is 0.407 e. The number of aryl methyl sites for hydroxylation is 1. The number of aromatic nitrogens is 1. The number of benzene rings is 1. The molecular formula is C17H22N2O4. The standard InChI is InChI=1S/C17H22N2O4/c1-4-11(2)10-22-17(21)18-9-15-12(3)19-23-16(15)13-5-7-14(20)8-6-13/h5-8,11,20H,4,9-10H2,1-3H3,(H,18,21). The Bertz CT molecular complexity index is 649. The fourth-order valence-electron chi connectivity index (χ4n) is 1.98. The summed E-state index contributed by atoms with van der Waals surface area (Å²) in [5.74, 6) is 1.09. The number of rotatable bonds is 6. The number of hydrogen-bond donors (Lipinski definition) is 2. The van der Waals surface area contributed by atoms with Crippen molar-refractivity contribution in [1.82, 2.24) is 10.5 Å². The largest absolute Gasteiger partial charge is 0.508 e. The van der Waals surface area contributed by atoms with Crippen molar-refractivity contribution in [2.45, 2.75) is 33.7 Å². The van der Waals surface area contributed by atoms with Gasteiger partial charge in [-0.15, -0.1) is 0 Å². The van der Waals surface area contributed by atoms with Crippen LogP contribution < -0.4 is 5.32 Å². The molecule has 6 nitrogen and oxygen atoms in total. The number of nitrogens with zero attached hydrogens (tertiary/aromatic N) is 1. The highest BCUT2D eigenvalue weighted by molar-refractivity contribution is 5.68. The molecule has 1 amide bonds. The predicted octanol–water partition coefficient (Wildman–Crippen LogP) is 3.63. The molecule has 0 aliphatic rings. The van der Waals surface area contributed by atoms with Gasteiger partial charge < -0.3 is 19.7 Å². The highest BCUT2D eigenvalue weighted by Gasteiger charge is 2.16. The second-order valence-corrected chi connectivity index (χ2v) is 5.59. The maximum absolute atomic E-state index is 11.7. The minimum atomic E-state index is -0.456. The lowest BCUT2D eigenvalue weighted by Gasteiger charge is -2.10.